The number of aromatic amines is 1. The molecule has 1 aliphatic rings. The predicted molar refractivity (Wildman–Crippen MR) is 110 cm³/mol. The van der Waals surface area contributed by atoms with Gasteiger partial charge in [0.2, 0.25) is 11.7 Å². The van der Waals surface area contributed by atoms with Gasteiger partial charge in [0.05, 0.1) is 6.04 Å². The van der Waals surface area contributed by atoms with Crippen molar-refractivity contribution in [1.29, 1.82) is 0 Å². The lowest BCUT2D eigenvalue weighted by molar-refractivity contribution is 0.0874. The van der Waals surface area contributed by atoms with E-state index in [9.17, 15) is 4.79 Å². The lowest BCUT2D eigenvalue weighted by Crippen LogP contribution is -2.37. The van der Waals surface area contributed by atoms with Gasteiger partial charge in [-0.15, -0.1) is 12.4 Å². The minimum Gasteiger partial charge on any atom is -0.338 e. The average Bonchev–Trinajstić information content (AvgIpc) is 3.47. The third kappa shape index (κ3) is 4.68. The number of carbonyl (C=O) groups is 1. The summed E-state index contributed by atoms with van der Waals surface area (Å²) >= 11 is 0. The van der Waals surface area contributed by atoms with E-state index in [0.717, 1.165) is 25.9 Å². The first-order valence-corrected chi connectivity index (χ1v) is 9.68. The van der Waals surface area contributed by atoms with E-state index in [1.165, 1.54) is 6.33 Å². The van der Waals surface area contributed by atoms with Crippen molar-refractivity contribution in [3.8, 4) is 11.6 Å². The summed E-state index contributed by atoms with van der Waals surface area (Å²) in [6.07, 6.45) is 5.37. The number of amides is 1. The molecule has 12 heteroatoms. The van der Waals surface area contributed by atoms with Crippen LogP contribution in [-0.4, -0.2) is 54.1 Å². The summed E-state index contributed by atoms with van der Waals surface area (Å²) in [5.74, 6) is 0.703. The zero-order chi connectivity index (χ0) is 20.4. The lowest BCUT2D eigenvalue weighted by Gasteiger charge is -2.28. The van der Waals surface area contributed by atoms with Gasteiger partial charge >= 0.3 is 0 Å². The fourth-order valence-corrected chi connectivity index (χ4v) is 3.34. The molecule has 1 saturated heterocycles. The largest absolute Gasteiger partial charge is 0.338 e. The molecule has 3 aromatic rings. The SMILES string of the molecule is CC(C)(C)C(NC(=O)c1ccn(C2CCCNC2)n1)c1nc(-c2ncn[nH]2)no1.Cl. The highest BCUT2D eigenvalue weighted by atomic mass is 35.5. The second-order valence-corrected chi connectivity index (χ2v) is 8.24. The molecule has 1 fully saturated rings. The Hall–Kier alpha value is -2.79. The van der Waals surface area contributed by atoms with Gasteiger partial charge < -0.3 is 15.2 Å². The van der Waals surface area contributed by atoms with Gasteiger partial charge in [-0.3, -0.25) is 14.6 Å². The molecule has 4 rings (SSSR count). The number of rotatable bonds is 5. The van der Waals surface area contributed by atoms with E-state index >= 15 is 0 Å². The molecular weight excluding hydrogens is 410 g/mol. The first kappa shape index (κ1) is 21.9. The predicted octanol–water partition coefficient (Wildman–Crippen LogP) is 1.91. The summed E-state index contributed by atoms with van der Waals surface area (Å²) in [7, 11) is 0. The molecule has 2 atom stereocenters. The molecule has 0 saturated carbocycles. The highest BCUT2D eigenvalue weighted by Crippen LogP contribution is 2.32. The van der Waals surface area contributed by atoms with E-state index in [4.69, 9.17) is 4.52 Å². The first-order valence-electron chi connectivity index (χ1n) is 9.68. The maximum atomic E-state index is 12.9. The highest BCUT2D eigenvalue weighted by Gasteiger charge is 2.34. The normalized spacial score (nSPS) is 17.9. The Kier molecular flexibility index (Phi) is 6.52. The monoisotopic (exact) mass is 435 g/mol. The van der Waals surface area contributed by atoms with Crippen LogP contribution in [0.5, 0.6) is 0 Å². The molecule has 1 aliphatic heterocycles. The van der Waals surface area contributed by atoms with Gasteiger partial charge in [0, 0.05) is 12.7 Å². The topological polar surface area (TPSA) is 139 Å². The summed E-state index contributed by atoms with van der Waals surface area (Å²) in [4.78, 5) is 21.3. The number of hydrogen-bond acceptors (Lipinski definition) is 8. The van der Waals surface area contributed by atoms with Crippen LogP contribution in [0.1, 0.15) is 62.1 Å². The fourth-order valence-electron chi connectivity index (χ4n) is 3.34. The van der Waals surface area contributed by atoms with Gasteiger partial charge in [0.25, 0.3) is 5.91 Å². The molecule has 11 nitrogen and oxygen atoms in total. The van der Waals surface area contributed by atoms with Crippen LogP contribution in [0.2, 0.25) is 0 Å². The van der Waals surface area contributed by atoms with Crippen molar-refractivity contribution in [2.45, 2.75) is 45.7 Å². The van der Waals surface area contributed by atoms with Crippen molar-refractivity contribution < 1.29 is 9.32 Å². The van der Waals surface area contributed by atoms with E-state index in [1.54, 1.807) is 6.07 Å². The number of H-pyrrole nitrogens is 1. The zero-order valence-corrected chi connectivity index (χ0v) is 17.9. The number of aromatic nitrogens is 7. The summed E-state index contributed by atoms with van der Waals surface area (Å²) in [6.45, 7) is 7.85. The standard InChI is InChI=1S/C18H25N9O2.ClH/c1-18(2,3)13(17-23-15(26-29-17)14-20-10-21-24-14)22-16(28)12-6-8-27(25-12)11-5-4-7-19-9-11;/h6,8,10-11,13,19H,4-5,7,9H2,1-3H3,(H,22,28)(H,20,21,24);1H. The quantitative estimate of drug-likeness (QED) is 0.552. The molecule has 30 heavy (non-hydrogen) atoms. The summed E-state index contributed by atoms with van der Waals surface area (Å²) in [5.41, 5.74) is -0.00343. The Bertz CT molecular complexity index is 955. The number of hydrogen-bond donors (Lipinski definition) is 3. The summed E-state index contributed by atoms with van der Waals surface area (Å²) in [5, 5.41) is 21.3. The minimum absolute atomic E-state index is 0. The van der Waals surface area contributed by atoms with Crippen LogP contribution in [0.25, 0.3) is 11.6 Å². The number of piperidine rings is 1. The van der Waals surface area contributed by atoms with Crippen LogP contribution in [0.3, 0.4) is 0 Å². The molecule has 0 bridgehead atoms. The van der Waals surface area contributed by atoms with E-state index < -0.39 is 6.04 Å². The Labute approximate surface area is 179 Å². The van der Waals surface area contributed by atoms with Crippen LogP contribution >= 0.6 is 12.4 Å². The molecule has 3 aromatic heterocycles. The zero-order valence-electron chi connectivity index (χ0n) is 17.1. The molecule has 0 spiro atoms. The van der Waals surface area contributed by atoms with Gasteiger partial charge in [0.15, 0.2) is 5.82 Å². The third-order valence-corrected chi connectivity index (χ3v) is 4.94. The molecule has 0 aromatic carbocycles. The van der Waals surface area contributed by atoms with Crippen molar-refractivity contribution in [2.75, 3.05) is 13.1 Å². The van der Waals surface area contributed by atoms with Gasteiger partial charge in [-0.05, 0) is 30.9 Å². The Morgan fingerprint density at radius 3 is 2.90 bits per heavy atom. The summed E-state index contributed by atoms with van der Waals surface area (Å²) < 4.78 is 7.28. The fraction of sp³-hybridized carbons (Fsp3) is 0.556. The molecule has 2 unspecified atom stereocenters. The number of halogens is 1. The van der Waals surface area contributed by atoms with Gasteiger partial charge in [-0.25, -0.2) is 4.98 Å². The van der Waals surface area contributed by atoms with Crippen LogP contribution in [-0.2, 0) is 0 Å². The smallest absolute Gasteiger partial charge is 0.272 e. The molecular formula is C18H26ClN9O2. The highest BCUT2D eigenvalue weighted by molar-refractivity contribution is 5.92. The van der Waals surface area contributed by atoms with Gasteiger partial charge in [0.1, 0.15) is 18.1 Å². The number of nitrogens with zero attached hydrogens (tertiary/aromatic N) is 6. The van der Waals surface area contributed by atoms with E-state index in [1.807, 2.05) is 31.6 Å². The molecule has 4 heterocycles. The maximum Gasteiger partial charge on any atom is 0.272 e. The molecule has 0 aliphatic carbocycles. The van der Waals surface area contributed by atoms with Crippen LogP contribution < -0.4 is 10.6 Å². The van der Waals surface area contributed by atoms with E-state index in [0.29, 0.717) is 17.4 Å². The van der Waals surface area contributed by atoms with Crippen LogP contribution in [0.15, 0.2) is 23.1 Å². The number of nitrogens with one attached hydrogen (secondary N) is 3. The molecule has 1 amide bonds. The van der Waals surface area contributed by atoms with E-state index in [-0.39, 0.29) is 35.6 Å². The maximum absolute atomic E-state index is 12.9. The number of carbonyl (C=O) groups excluding carboxylic acids is 1. The van der Waals surface area contributed by atoms with Crippen molar-refractivity contribution in [3.05, 3.63) is 30.2 Å². The first-order chi connectivity index (χ1) is 13.9. The van der Waals surface area contributed by atoms with Crippen LogP contribution in [0.4, 0.5) is 0 Å². The minimum atomic E-state index is -0.499. The Morgan fingerprint density at radius 1 is 1.40 bits per heavy atom. The van der Waals surface area contributed by atoms with Crippen molar-refractivity contribution in [3.63, 3.8) is 0 Å². The lowest BCUT2D eigenvalue weighted by atomic mass is 9.86. The van der Waals surface area contributed by atoms with Crippen molar-refractivity contribution in [1.82, 2.24) is 45.7 Å². The Balaban J connectivity index is 0.00000256. The van der Waals surface area contributed by atoms with Gasteiger partial charge in [-0.1, -0.05) is 25.9 Å². The van der Waals surface area contributed by atoms with E-state index in [2.05, 4.69) is 41.1 Å². The Morgan fingerprint density at radius 2 is 2.23 bits per heavy atom. The molecule has 3 N–H and O–H groups in total. The summed E-state index contributed by atoms with van der Waals surface area (Å²) in [6, 6.07) is 1.50. The molecule has 0 radical (unpaired) electrons. The van der Waals surface area contributed by atoms with Crippen molar-refractivity contribution >= 4 is 18.3 Å². The average molecular weight is 436 g/mol. The third-order valence-electron chi connectivity index (χ3n) is 4.94. The van der Waals surface area contributed by atoms with Crippen LogP contribution in [0, 0.1) is 5.41 Å². The second kappa shape index (κ2) is 8.92. The second-order valence-electron chi connectivity index (χ2n) is 8.24. The van der Waals surface area contributed by atoms with Crippen molar-refractivity contribution in [2.24, 2.45) is 5.41 Å². The van der Waals surface area contributed by atoms with Gasteiger partial charge in [-0.2, -0.15) is 15.2 Å². The molecule has 162 valence electrons.